The molecule has 1 aromatic rings. The number of rotatable bonds is 9. The fourth-order valence-electron chi connectivity index (χ4n) is 1.84. The van der Waals surface area contributed by atoms with E-state index in [4.69, 9.17) is 4.74 Å². The number of benzene rings is 1. The van der Waals surface area contributed by atoms with Crippen LogP contribution in [0.3, 0.4) is 0 Å². The molecule has 0 aliphatic heterocycles. The minimum atomic E-state index is 0. The number of ether oxygens (including phenoxy) is 1. The number of methoxy groups -OCH3 is 1. The van der Waals surface area contributed by atoms with Gasteiger partial charge in [-0.25, -0.2) is 0 Å². The molecule has 0 aliphatic carbocycles. The molecule has 132 valence electrons. The summed E-state index contributed by atoms with van der Waals surface area (Å²) in [6.07, 6.45) is 0. The topological polar surface area (TPSA) is 50.4 Å². The van der Waals surface area contributed by atoms with E-state index in [0.717, 1.165) is 18.0 Å². The van der Waals surface area contributed by atoms with E-state index in [0.29, 0.717) is 18.9 Å². The molecule has 1 aromatic carbocycles. The summed E-state index contributed by atoms with van der Waals surface area (Å²) < 4.78 is 4.93. The van der Waals surface area contributed by atoms with Crippen LogP contribution in [-0.4, -0.2) is 45.0 Å². The average molecular weight is 361 g/mol. The highest BCUT2D eigenvalue weighted by Gasteiger charge is 2.13. The van der Waals surface area contributed by atoms with Gasteiger partial charge in [0.05, 0.1) is 12.4 Å². The number of hydrogen-bond acceptors (Lipinski definition) is 4. The van der Waals surface area contributed by atoms with E-state index in [9.17, 15) is 4.79 Å². The predicted octanol–water partition coefficient (Wildman–Crippen LogP) is 2.85. The first kappa shape index (κ1) is 22.2. The summed E-state index contributed by atoms with van der Waals surface area (Å²) in [6, 6.07) is 8.45. The van der Waals surface area contributed by atoms with Gasteiger partial charge in [-0.2, -0.15) is 0 Å². The third-order valence-corrected chi connectivity index (χ3v) is 4.21. The van der Waals surface area contributed by atoms with Crippen LogP contribution in [0, 0.1) is 0 Å². The summed E-state index contributed by atoms with van der Waals surface area (Å²) in [4.78, 5) is 12.9. The Hall–Kier alpha value is -0.750. The lowest BCUT2D eigenvalue weighted by atomic mass is 9.87. The number of halogens is 1. The van der Waals surface area contributed by atoms with Gasteiger partial charge < -0.3 is 15.4 Å². The van der Waals surface area contributed by atoms with Gasteiger partial charge in [-0.1, -0.05) is 32.9 Å². The number of thioether (sulfide) groups is 1. The highest BCUT2D eigenvalue weighted by atomic mass is 35.5. The fourth-order valence-corrected chi connectivity index (χ4v) is 2.57. The zero-order chi connectivity index (χ0) is 16.4. The van der Waals surface area contributed by atoms with Gasteiger partial charge >= 0.3 is 0 Å². The van der Waals surface area contributed by atoms with Crippen molar-refractivity contribution in [3.63, 3.8) is 0 Å². The molecule has 0 aromatic heterocycles. The molecule has 0 unspecified atom stereocenters. The molecule has 0 spiro atoms. The van der Waals surface area contributed by atoms with Crippen molar-refractivity contribution >= 4 is 30.1 Å². The molecule has 0 saturated carbocycles. The monoisotopic (exact) mass is 360 g/mol. The molecule has 1 rings (SSSR count). The quantitative estimate of drug-likeness (QED) is 0.525. The van der Waals surface area contributed by atoms with Crippen molar-refractivity contribution < 1.29 is 9.53 Å². The number of amides is 1. The SMILES string of the molecule is COCCNCCNC(=O)CSc1ccc(C(C)(C)C)cc1.Cl. The highest BCUT2D eigenvalue weighted by molar-refractivity contribution is 8.00. The van der Waals surface area contributed by atoms with E-state index in [1.54, 1.807) is 18.9 Å². The van der Waals surface area contributed by atoms with Crippen LogP contribution in [0.2, 0.25) is 0 Å². The Morgan fingerprint density at radius 1 is 1.13 bits per heavy atom. The molecule has 4 nitrogen and oxygen atoms in total. The summed E-state index contributed by atoms with van der Waals surface area (Å²) in [6.45, 7) is 9.50. The molecule has 0 atom stereocenters. The first-order valence-electron chi connectivity index (χ1n) is 7.63. The summed E-state index contributed by atoms with van der Waals surface area (Å²) in [5, 5.41) is 6.09. The van der Waals surface area contributed by atoms with E-state index in [-0.39, 0.29) is 23.7 Å². The van der Waals surface area contributed by atoms with Crippen molar-refractivity contribution in [1.29, 1.82) is 0 Å². The Kier molecular flexibility index (Phi) is 11.4. The first-order valence-corrected chi connectivity index (χ1v) is 8.62. The average Bonchev–Trinajstić information content (AvgIpc) is 2.48. The Balaban J connectivity index is 0.00000484. The van der Waals surface area contributed by atoms with Crippen molar-refractivity contribution in [2.24, 2.45) is 0 Å². The van der Waals surface area contributed by atoms with Crippen LogP contribution in [0.1, 0.15) is 26.3 Å². The van der Waals surface area contributed by atoms with Gasteiger partial charge in [0.2, 0.25) is 5.91 Å². The van der Waals surface area contributed by atoms with Gasteiger partial charge in [0.1, 0.15) is 0 Å². The van der Waals surface area contributed by atoms with Gasteiger partial charge in [0.25, 0.3) is 0 Å². The Morgan fingerprint density at radius 3 is 2.35 bits per heavy atom. The van der Waals surface area contributed by atoms with Gasteiger partial charge in [0, 0.05) is 31.6 Å². The largest absolute Gasteiger partial charge is 0.383 e. The molecule has 0 bridgehead atoms. The number of carbonyl (C=O) groups excluding carboxylic acids is 1. The van der Waals surface area contributed by atoms with Crippen LogP contribution >= 0.6 is 24.2 Å². The zero-order valence-electron chi connectivity index (χ0n) is 14.5. The number of hydrogen-bond donors (Lipinski definition) is 2. The summed E-state index contributed by atoms with van der Waals surface area (Å²) in [5.74, 6) is 0.519. The molecule has 1 amide bonds. The van der Waals surface area contributed by atoms with Crippen molar-refractivity contribution in [2.75, 3.05) is 39.1 Å². The van der Waals surface area contributed by atoms with Crippen molar-refractivity contribution in [1.82, 2.24) is 10.6 Å². The standard InChI is InChI=1S/C17H28N2O2S.ClH/c1-17(2,3)14-5-7-15(8-6-14)22-13-16(20)19-10-9-18-11-12-21-4;/h5-8,18H,9-13H2,1-4H3,(H,19,20);1H. The summed E-state index contributed by atoms with van der Waals surface area (Å²) in [7, 11) is 1.68. The van der Waals surface area contributed by atoms with Crippen LogP contribution in [0.15, 0.2) is 29.2 Å². The lowest BCUT2D eigenvalue weighted by molar-refractivity contribution is -0.118. The van der Waals surface area contributed by atoms with E-state index < -0.39 is 0 Å². The second-order valence-corrected chi connectivity index (χ2v) is 7.20. The van der Waals surface area contributed by atoms with Crippen LogP contribution in [0.5, 0.6) is 0 Å². The molecule has 6 heteroatoms. The van der Waals surface area contributed by atoms with E-state index in [2.05, 4.69) is 55.7 Å². The third kappa shape index (κ3) is 9.87. The van der Waals surface area contributed by atoms with Gasteiger partial charge in [-0.05, 0) is 23.1 Å². The van der Waals surface area contributed by atoms with Gasteiger partial charge in [-0.3, -0.25) is 4.79 Å². The van der Waals surface area contributed by atoms with Crippen molar-refractivity contribution in [3.8, 4) is 0 Å². The maximum atomic E-state index is 11.7. The van der Waals surface area contributed by atoms with Crippen LogP contribution < -0.4 is 10.6 Å². The normalized spacial score (nSPS) is 11.0. The lowest BCUT2D eigenvalue weighted by Gasteiger charge is -2.19. The minimum absolute atomic E-state index is 0. The van der Waals surface area contributed by atoms with Gasteiger partial charge in [0.15, 0.2) is 0 Å². The zero-order valence-corrected chi connectivity index (χ0v) is 16.1. The molecule has 0 heterocycles. The molecule has 23 heavy (non-hydrogen) atoms. The van der Waals surface area contributed by atoms with E-state index in [1.807, 2.05) is 0 Å². The van der Waals surface area contributed by atoms with Crippen LogP contribution in [-0.2, 0) is 14.9 Å². The minimum Gasteiger partial charge on any atom is -0.383 e. The Labute approximate surface area is 150 Å². The molecule has 0 radical (unpaired) electrons. The van der Waals surface area contributed by atoms with Crippen LogP contribution in [0.25, 0.3) is 0 Å². The molecule has 0 fully saturated rings. The maximum absolute atomic E-state index is 11.7. The lowest BCUT2D eigenvalue weighted by Crippen LogP contribution is -2.33. The Morgan fingerprint density at radius 2 is 1.78 bits per heavy atom. The van der Waals surface area contributed by atoms with Crippen molar-refractivity contribution in [3.05, 3.63) is 29.8 Å². The highest BCUT2D eigenvalue weighted by Crippen LogP contribution is 2.25. The fraction of sp³-hybridized carbons (Fsp3) is 0.588. The second-order valence-electron chi connectivity index (χ2n) is 6.16. The van der Waals surface area contributed by atoms with E-state index in [1.165, 1.54) is 5.56 Å². The Bertz CT molecular complexity index is 447. The van der Waals surface area contributed by atoms with E-state index >= 15 is 0 Å². The predicted molar refractivity (Wildman–Crippen MR) is 101 cm³/mol. The summed E-state index contributed by atoms with van der Waals surface area (Å²) in [5.41, 5.74) is 1.47. The first-order chi connectivity index (χ1) is 10.4. The second kappa shape index (κ2) is 11.7. The number of carbonyl (C=O) groups is 1. The smallest absolute Gasteiger partial charge is 0.230 e. The molecule has 0 aliphatic rings. The molecular formula is C17H29ClN2O2S. The third-order valence-electron chi connectivity index (χ3n) is 3.20. The summed E-state index contributed by atoms with van der Waals surface area (Å²) >= 11 is 1.57. The molecule has 0 saturated heterocycles. The number of nitrogens with one attached hydrogen (secondary N) is 2. The van der Waals surface area contributed by atoms with Gasteiger partial charge in [-0.15, -0.1) is 24.2 Å². The molecular weight excluding hydrogens is 332 g/mol. The maximum Gasteiger partial charge on any atom is 0.230 e. The van der Waals surface area contributed by atoms with Crippen LogP contribution in [0.4, 0.5) is 0 Å². The molecule has 2 N–H and O–H groups in total. The van der Waals surface area contributed by atoms with Crippen molar-refractivity contribution in [2.45, 2.75) is 31.1 Å².